The van der Waals surface area contributed by atoms with E-state index >= 15 is 0 Å². The Hall–Kier alpha value is -3.36. The summed E-state index contributed by atoms with van der Waals surface area (Å²) in [4.78, 5) is 42.2. The number of ether oxygens (including phenoxy) is 2. The zero-order chi connectivity index (χ0) is 18.8. The lowest BCUT2D eigenvalue weighted by atomic mass is 9.86. The number of amides is 2. The van der Waals surface area contributed by atoms with Gasteiger partial charge < -0.3 is 25.5 Å². The minimum Gasteiger partial charge on any atom is -0.493 e. The number of anilines is 1. The zero-order valence-corrected chi connectivity index (χ0v) is 14.3. The molecule has 0 aliphatic carbocycles. The number of nitrogens with zero attached hydrogens (tertiary/aromatic N) is 1. The van der Waals surface area contributed by atoms with Gasteiger partial charge in [0, 0.05) is 12.3 Å². The van der Waals surface area contributed by atoms with E-state index in [1.807, 2.05) is 0 Å². The molecule has 0 saturated heterocycles. The second kappa shape index (κ2) is 6.87. The molecule has 26 heavy (non-hydrogen) atoms. The van der Waals surface area contributed by atoms with Gasteiger partial charge in [-0.3, -0.25) is 14.4 Å². The van der Waals surface area contributed by atoms with Crippen molar-refractivity contribution in [3.05, 3.63) is 45.5 Å². The summed E-state index contributed by atoms with van der Waals surface area (Å²) in [5.74, 6) is 0.0759. The monoisotopic (exact) mass is 358 g/mol. The number of hydrogen-bond donors (Lipinski definition) is 3. The molecule has 0 saturated carbocycles. The topological polar surface area (TPSA) is 136 Å². The van der Waals surface area contributed by atoms with Crippen molar-refractivity contribution in [3.8, 4) is 11.5 Å². The first-order valence-corrected chi connectivity index (χ1v) is 7.88. The number of carbonyl (C=O) groups is 2. The van der Waals surface area contributed by atoms with E-state index < -0.39 is 11.8 Å². The number of hydrogen-bond acceptors (Lipinski definition) is 6. The molecule has 4 N–H and O–H groups in total. The van der Waals surface area contributed by atoms with Crippen LogP contribution in [0.5, 0.6) is 11.5 Å². The van der Waals surface area contributed by atoms with Crippen molar-refractivity contribution < 1.29 is 19.1 Å². The zero-order valence-electron chi connectivity index (χ0n) is 14.3. The van der Waals surface area contributed by atoms with Crippen LogP contribution >= 0.6 is 0 Å². The van der Waals surface area contributed by atoms with Gasteiger partial charge in [-0.2, -0.15) is 0 Å². The molecular weight excluding hydrogens is 340 g/mol. The van der Waals surface area contributed by atoms with Crippen molar-refractivity contribution in [3.63, 3.8) is 0 Å². The third-order valence-corrected chi connectivity index (χ3v) is 4.03. The van der Waals surface area contributed by atoms with Crippen LogP contribution in [0.4, 0.5) is 5.82 Å². The maximum Gasteiger partial charge on any atom is 0.256 e. The number of H-pyrrole nitrogens is 1. The predicted molar refractivity (Wildman–Crippen MR) is 92.4 cm³/mol. The van der Waals surface area contributed by atoms with Gasteiger partial charge in [0.05, 0.1) is 12.7 Å². The van der Waals surface area contributed by atoms with Crippen molar-refractivity contribution in [2.24, 2.45) is 5.73 Å². The Balaban J connectivity index is 2.03. The molecule has 1 unspecified atom stereocenters. The van der Waals surface area contributed by atoms with E-state index in [2.05, 4.69) is 15.3 Å². The van der Waals surface area contributed by atoms with E-state index in [9.17, 15) is 14.4 Å². The van der Waals surface area contributed by atoms with Gasteiger partial charge in [-0.05, 0) is 24.6 Å². The molecule has 0 spiro atoms. The smallest absolute Gasteiger partial charge is 0.256 e. The molecule has 1 aliphatic rings. The van der Waals surface area contributed by atoms with Gasteiger partial charge >= 0.3 is 0 Å². The average molecular weight is 358 g/mol. The molecule has 1 aromatic carbocycles. The predicted octanol–water partition coefficient (Wildman–Crippen LogP) is 0.425. The third kappa shape index (κ3) is 3.37. The summed E-state index contributed by atoms with van der Waals surface area (Å²) < 4.78 is 10.6. The number of aromatic amines is 1. The Bertz CT molecular complexity index is 937. The van der Waals surface area contributed by atoms with Gasteiger partial charge in [0.15, 0.2) is 18.1 Å². The van der Waals surface area contributed by atoms with E-state index in [-0.39, 0.29) is 30.3 Å². The van der Waals surface area contributed by atoms with Gasteiger partial charge in [-0.25, -0.2) is 4.98 Å². The van der Waals surface area contributed by atoms with Crippen molar-refractivity contribution in [1.82, 2.24) is 9.97 Å². The van der Waals surface area contributed by atoms with Crippen LogP contribution in [0, 0.1) is 6.92 Å². The normalized spacial score (nSPS) is 15.8. The van der Waals surface area contributed by atoms with Gasteiger partial charge in [0.2, 0.25) is 5.91 Å². The summed E-state index contributed by atoms with van der Waals surface area (Å²) in [7, 11) is 1.45. The third-order valence-electron chi connectivity index (χ3n) is 4.03. The number of nitrogens with one attached hydrogen (secondary N) is 2. The molecule has 2 heterocycles. The van der Waals surface area contributed by atoms with Gasteiger partial charge in [0.25, 0.3) is 11.5 Å². The first-order chi connectivity index (χ1) is 12.4. The van der Waals surface area contributed by atoms with Crippen LogP contribution in [0.3, 0.4) is 0 Å². The van der Waals surface area contributed by atoms with Crippen LogP contribution in [0.15, 0.2) is 23.0 Å². The van der Waals surface area contributed by atoms with Crippen LogP contribution in [-0.4, -0.2) is 35.5 Å². The van der Waals surface area contributed by atoms with Crippen molar-refractivity contribution in [2.45, 2.75) is 19.3 Å². The van der Waals surface area contributed by atoms with E-state index in [0.29, 0.717) is 28.5 Å². The van der Waals surface area contributed by atoms with Crippen LogP contribution in [0.2, 0.25) is 0 Å². The highest BCUT2D eigenvalue weighted by Gasteiger charge is 2.31. The highest BCUT2D eigenvalue weighted by Crippen LogP contribution is 2.37. The van der Waals surface area contributed by atoms with Crippen LogP contribution in [0.1, 0.15) is 29.3 Å². The van der Waals surface area contributed by atoms with E-state index in [0.717, 1.165) is 0 Å². The Morgan fingerprint density at radius 1 is 1.35 bits per heavy atom. The molecule has 9 heteroatoms. The number of carbonyl (C=O) groups excluding carboxylic acids is 2. The molecule has 1 atom stereocenters. The summed E-state index contributed by atoms with van der Waals surface area (Å²) in [6.45, 7) is 1.36. The maximum absolute atomic E-state index is 12.4. The number of benzene rings is 1. The van der Waals surface area contributed by atoms with E-state index in [4.69, 9.17) is 15.2 Å². The highest BCUT2D eigenvalue weighted by molar-refractivity contribution is 5.94. The summed E-state index contributed by atoms with van der Waals surface area (Å²) >= 11 is 0. The molecule has 9 nitrogen and oxygen atoms in total. The lowest BCUT2D eigenvalue weighted by Gasteiger charge is -2.25. The first-order valence-electron chi connectivity index (χ1n) is 7.88. The fourth-order valence-corrected chi connectivity index (χ4v) is 2.94. The Labute approximate surface area is 148 Å². The fourth-order valence-electron chi connectivity index (χ4n) is 2.94. The van der Waals surface area contributed by atoms with E-state index in [1.165, 1.54) is 7.11 Å². The van der Waals surface area contributed by atoms with Crippen molar-refractivity contribution in [1.29, 1.82) is 0 Å². The van der Waals surface area contributed by atoms with Crippen LogP contribution in [-0.2, 0) is 9.59 Å². The second-order valence-electron chi connectivity index (χ2n) is 5.88. The van der Waals surface area contributed by atoms with Gasteiger partial charge in [-0.1, -0.05) is 6.07 Å². The molecule has 3 rings (SSSR count). The van der Waals surface area contributed by atoms with E-state index in [1.54, 1.807) is 25.1 Å². The minimum atomic E-state index is -0.609. The van der Waals surface area contributed by atoms with Gasteiger partial charge in [0.1, 0.15) is 11.6 Å². The molecule has 0 radical (unpaired) electrons. The number of aromatic nitrogens is 2. The number of fused-ring (bicyclic) bond motifs is 1. The SMILES string of the molecule is COc1cc(C2CC(=O)Nc3nc(C)[nH]c(=O)c32)ccc1OCC(N)=O. The summed E-state index contributed by atoms with van der Waals surface area (Å²) in [5.41, 5.74) is 5.87. The number of aryl methyl sites for hydroxylation is 1. The average Bonchev–Trinajstić information content (AvgIpc) is 2.58. The van der Waals surface area contributed by atoms with Gasteiger partial charge in [-0.15, -0.1) is 0 Å². The molecule has 2 aromatic rings. The molecule has 0 bridgehead atoms. The Morgan fingerprint density at radius 2 is 2.12 bits per heavy atom. The van der Waals surface area contributed by atoms with Crippen LogP contribution in [0.25, 0.3) is 0 Å². The van der Waals surface area contributed by atoms with Crippen LogP contribution < -0.4 is 26.1 Å². The quantitative estimate of drug-likeness (QED) is 0.709. The Kier molecular flexibility index (Phi) is 4.61. The summed E-state index contributed by atoms with van der Waals surface area (Å²) in [6.07, 6.45) is 0.103. The maximum atomic E-state index is 12.4. The van der Waals surface area contributed by atoms with Crippen molar-refractivity contribution >= 4 is 17.6 Å². The van der Waals surface area contributed by atoms with Crippen molar-refractivity contribution in [2.75, 3.05) is 19.0 Å². The molecule has 2 amide bonds. The molecule has 1 aromatic heterocycles. The number of rotatable bonds is 5. The number of nitrogens with two attached hydrogens (primary N) is 1. The second-order valence-corrected chi connectivity index (χ2v) is 5.88. The molecular formula is C17H18N4O5. The number of primary amides is 1. The summed E-state index contributed by atoms with van der Waals surface area (Å²) in [5, 5.41) is 2.64. The summed E-state index contributed by atoms with van der Waals surface area (Å²) in [6, 6.07) is 4.99. The lowest BCUT2D eigenvalue weighted by Crippen LogP contribution is -2.31. The largest absolute Gasteiger partial charge is 0.493 e. The fraction of sp³-hybridized carbons (Fsp3) is 0.294. The minimum absolute atomic E-state index is 0.103. The highest BCUT2D eigenvalue weighted by atomic mass is 16.5. The molecule has 1 aliphatic heterocycles. The Morgan fingerprint density at radius 3 is 2.81 bits per heavy atom. The first kappa shape index (κ1) is 17.5. The number of methoxy groups -OCH3 is 1. The lowest BCUT2D eigenvalue weighted by molar-refractivity contribution is -0.120. The standard InChI is InChI=1S/C17H18N4O5/c1-8-19-16-15(17(24)20-8)10(6-14(23)21-16)9-3-4-11(12(5-9)25-2)26-7-13(18)22/h3-5,10H,6-7H2,1-2H3,(H2,18,22)(H2,19,20,21,23,24). The molecule has 0 fully saturated rings. The molecule has 136 valence electrons.